The molecule has 0 radical (unpaired) electrons. The van der Waals surface area contributed by atoms with Crippen molar-refractivity contribution in [1.82, 2.24) is 5.32 Å². The maximum absolute atomic E-state index is 13.5. The van der Waals surface area contributed by atoms with Crippen molar-refractivity contribution in [2.45, 2.75) is 25.4 Å². The summed E-state index contributed by atoms with van der Waals surface area (Å²) in [5.74, 6) is -1.07. The second kappa shape index (κ2) is 7.52. The van der Waals surface area contributed by atoms with Gasteiger partial charge in [0.25, 0.3) is 0 Å². The van der Waals surface area contributed by atoms with E-state index in [1.54, 1.807) is 24.3 Å². The van der Waals surface area contributed by atoms with Gasteiger partial charge in [0.15, 0.2) is 0 Å². The van der Waals surface area contributed by atoms with E-state index in [4.69, 9.17) is 5.73 Å². The summed E-state index contributed by atoms with van der Waals surface area (Å²) in [7, 11) is 0. The molecule has 0 saturated carbocycles. The molecule has 4 rings (SSSR count). The van der Waals surface area contributed by atoms with Crippen LogP contribution in [0.5, 0.6) is 0 Å². The number of fused-ring (bicyclic) bond motifs is 1. The largest absolute Gasteiger partial charge is 0.366 e. The third-order valence-electron chi connectivity index (χ3n) is 5.22. The summed E-state index contributed by atoms with van der Waals surface area (Å²) in [6.07, 6.45) is 1.57. The van der Waals surface area contributed by atoms with E-state index in [0.717, 1.165) is 35.1 Å². The van der Waals surface area contributed by atoms with Gasteiger partial charge in [-0.1, -0.05) is 30.3 Å². The molecule has 0 unspecified atom stereocenters. The van der Waals surface area contributed by atoms with Gasteiger partial charge in [0.1, 0.15) is 11.6 Å². The van der Waals surface area contributed by atoms with Crippen molar-refractivity contribution in [2.24, 2.45) is 5.73 Å². The van der Waals surface area contributed by atoms with Crippen LogP contribution in [0.25, 0.3) is 11.1 Å². The number of halogens is 2. The summed E-state index contributed by atoms with van der Waals surface area (Å²) >= 11 is 0. The molecule has 1 aliphatic carbocycles. The van der Waals surface area contributed by atoms with Crippen LogP contribution in [-0.4, -0.2) is 11.9 Å². The minimum Gasteiger partial charge on any atom is -0.366 e. The fourth-order valence-electron chi connectivity index (χ4n) is 3.79. The van der Waals surface area contributed by atoms with Gasteiger partial charge in [0.2, 0.25) is 5.91 Å². The van der Waals surface area contributed by atoms with Crippen molar-refractivity contribution >= 4 is 5.91 Å². The van der Waals surface area contributed by atoms with Gasteiger partial charge in [0.05, 0.1) is 0 Å². The van der Waals surface area contributed by atoms with Gasteiger partial charge in [-0.2, -0.15) is 0 Å². The van der Waals surface area contributed by atoms with Crippen molar-refractivity contribution in [3.63, 3.8) is 0 Å². The first-order valence-corrected chi connectivity index (χ1v) is 9.19. The molecule has 0 spiro atoms. The third kappa shape index (κ3) is 3.80. The Morgan fingerprint density at radius 3 is 2.46 bits per heavy atom. The van der Waals surface area contributed by atoms with Crippen LogP contribution in [0.4, 0.5) is 8.78 Å². The predicted octanol–water partition coefficient (Wildman–Crippen LogP) is 3.99. The Labute approximate surface area is 162 Å². The lowest BCUT2D eigenvalue weighted by Gasteiger charge is -2.15. The van der Waals surface area contributed by atoms with E-state index in [-0.39, 0.29) is 17.7 Å². The molecule has 1 aliphatic rings. The van der Waals surface area contributed by atoms with Crippen molar-refractivity contribution in [1.29, 1.82) is 0 Å². The highest BCUT2D eigenvalue weighted by atomic mass is 19.1. The van der Waals surface area contributed by atoms with E-state index in [9.17, 15) is 13.6 Å². The Hall–Kier alpha value is -3.05. The number of primary amides is 1. The fourth-order valence-corrected chi connectivity index (χ4v) is 3.79. The highest BCUT2D eigenvalue weighted by molar-refractivity contribution is 5.95. The molecule has 0 aromatic heterocycles. The van der Waals surface area contributed by atoms with Gasteiger partial charge < -0.3 is 11.1 Å². The number of rotatable bonds is 5. The van der Waals surface area contributed by atoms with Crippen LogP contribution in [0.1, 0.15) is 27.0 Å². The average Bonchev–Trinajstić information content (AvgIpc) is 3.08. The van der Waals surface area contributed by atoms with E-state index in [1.165, 1.54) is 18.2 Å². The SMILES string of the molecule is NC(=O)c1cc(-c2cccc(F)c2)ccc1CN[C@@H]1Cc2ccc(F)cc2C1. The molecule has 3 aromatic carbocycles. The normalized spacial score (nSPS) is 15.4. The Bertz CT molecular complexity index is 1050. The lowest BCUT2D eigenvalue weighted by Crippen LogP contribution is -2.30. The molecular weight excluding hydrogens is 358 g/mol. The van der Waals surface area contributed by atoms with Crippen LogP contribution in [0.3, 0.4) is 0 Å². The maximum Gasteiger partial charge on any atom is 0.249 e. The number of hydrogen-bond donors (Lipinski definition) is 2. The number of hydrogen-bond acceptors (Lipinski definition) is 2. The summed E-state index contributed by atoms with van der Waals surface area (Å²) in [4.78, 5) is 12.0. The fraction of sp³-hybridized carbons (Fsp3) is 0.174. The van der Waals surface area contributed by atoms with E-state index in [2.05, 4.69) is 5.32 Å². The number of amides is 1. The summed E-state index contributed by atoms with van der Waals surface area (Å²) < 4.78 is 26.9. The molecule has 3 nitrogen and oxygen atoms in total. The first-order valence-electron chi connectivity index (χ1n) is 9.19. The molecule has 0 aliphatic heterocycles. The van der Waals surface area contributed by atoms with Gasteiger partial charge in [-0.25, -0.2) is 8.78 Å². The van der Waals surface area contributed by atoms with Crippen LogP contribution in [0.15, 0.2) is 60.7 Å². The smallest absolute Gasteiger partial charge is 0.249 e. The van der Waals surface area contributed by atoms with E-state index >= 15 is 0 Å². The monoisotopic (exact) mass is 378 g/mol. The molecule has 3 N–H and O–H groups in total. The molecule has 1 amide bonds. The predicted molar refractivity (Wildman–Crippen MR) is 105 cm³/mol. The van der Waals surface area contributed by atoms with Crippen LogP contribution in [-0.2, 0) is 19.4 Å². The third-order valence-corrected chi connectivity index (χ3v) is 5.22. The Kier molecular flexibility index (Phi) is 4.92. The molecule has 1 atom stereocenters. The second-order valence-corrected chi connectivity index (χ2v) is 7.15. The van der Waals surface area contributed by atoms with Gasteiger partial charge in [-0.15, -0.1) is 0 Å². The zero-order valence-electron chi connectivity index (χ0n) is 15.2. The average molecular weight is 378 g/mol. The number of carbonyl (C=O) groups excluding carboxylic acids is 1. The standard InChI is InChI=1S/C23H20F2N2O/c24-19-3-1-2-14(8-19)16-4-5-17(22(12-16)23(26)28)13-27-21-10-15-6-7-20(25)9-18(15)11-21/h1-9,12,21,27H,10-11,13H2,(H2,26,28)/t21-/m1/s1. The number of benzene rings is 3. The van der Waals surface area contributed by atoms with Crippen LogP contribution >= 0.6 is 0 Å². The highest BCUT2D eigenvalue weighted by Crippen LogP contribution is 2.25. The summed E-state index contributed by atoms with van der Waals surface area (Å²) in [6, 6.07) is 16.7. The van der Waals surface area contributed by atoms with Crippen LogP contribution < -0.4 is 11.1 Å². The van der Waals surface area contributed by atoms with Gasteiger partial charge in [0, 0.05) is 18.2 Å². The Balaban J connectivity index is 1.51. The van der Waals surface area contributed by atoms with Crippen molar-refractivity contribution in [3.8, 4) is 11.1 Å². The molecule has 0 saturated heterocycles. The lowest BCUT2D eigenvalue weighted by molar-refractivity contribution is 0.0999. The van der Waals surface area contributed by atoms with Crippen molar-refractivity contribution in [3.05, 3.63) is 94.6 Å². The summed E-state index contributed by atoms with van der Waals surface area (Å²) in [5.41, 5.74) is 10.4. The molecule has 0 bridgehead atoms. The number of carbonyl (C=O) groups is 1. The first kappa shape index (κ1) is 18.3. The zero-order chi connectivity index (χ0) is 19.7. The van der Waals surface area contributed by atoms with E-state index < -0.39 is 5.91 Å². The van der Waals surface area contributed by atoms with E-state index in [1.807, 2.05) is 18.2 Å². The Morgan fingerprint density at radius 1 is 0.929 bits per heavy atom. The quantitative estimate of drug-likeness (QED) is 0.705. The van der Waals surface area contributed by atoms with Crippen molar-refractivity contribution < 1.29 is 13.6 Å². The first-order chi connectivity index (χ1) is 13.5. The topological polar surface area (TPSA) is 55.1 Å². The summed E-state index contributed by atoms with van der Waals surface area (Å²) in [5, 5.41) is 3.44. The van der Waals surface area contributed by atoms with Gasteiger partial charge in [-0.3, -0.25) is 4.79 Å². The van der Waals surface area contributed by atoms with Gasteiger partial charge in [-0.05, 0) is 71.0 Å². The highest BCUT2D eigenvalue weighted by Gasteiger charge is 2.22. The number of nitrogens with two attached hydrogens (primary N) is 1. The minimum absolute atomic E-state index is 0.181. The summed E-state index contributed by atoms with van der Waals surface area (Å²) in [6.45, 7) is 0.475. The molecule has 142 valence electrons. The molecular formula is C23H20F2N2O. The second-order valence-electron chi connectivity index (χ2n) is 7.15. The van der Waals surface area contributed by atoms with Gasteiger partial charge >= 0.3 is 0 Å². The van der Waals surface area contributed by atoms with Crippen LogP contribution in [0, 0.1) is 11.6 Å². The van der Waals surface area contributed by atoms with E-state index in [0.29, 0.717) is 17.7 Å². The molecule has 0 heterocycles. The zero-order valence-corrected chi connectivity index (χ0v) is 15.2. The van der Waals surface area contributed by atoms with Crippen LogP contribution in [0.2, 0.25) is 0 Å². The minimum atomic E-state index is -0.521. The molecule has 5 heteroatoms. The Morgan fingerprint density at radius 2 is 1.68 bits per heavy atom. The molecule has 3 aromatic rings. The molecule has 0 fully saturated rings. The number of nitrogens with one attached hydrogen (secondary N) is 1. The molecule has 28 heavy (non-hydrogen) atoms. The lowest BCUT2D eigenvalue weighted by atomic mass is 9.98. The maximum atomic E-state index is 13.5. The van der Waals surface area contributed by atoms with Crippen molar-refractivity contribution in [2.75, 3.05) is 0 Å².